The Bertz CT molecular complexity index is 356. The average Bonchev–Trinajstić information content (AvgIpc) is 2.88. The Balaban J connectivity index is 2.03. The highest BCUT2D eigenvalue weighted by Crippen LogP contribution is 2.20. The van der Waals surface area contributed by atoms with Gasteiger partial charge < -0.3 is 10.1 Å². The normalized spacial score (nSPS) is 21.9. The summed E-state index contributed by atoms with van der Waals surface area (Å²) in [5, 5.41) is 8.00. The monoisotopic (exact) mass is 237 g/mol. The fraction of sp³-hybridized carbons (Fsp3) is 0.769. The first kappa shape index (κ1) is 12.6. The van der Waals surface area contributed by atoms with Gasteiger partial charge >= 0.3 is 0 Å². The van der Waals surface area contributed by atoms with E-state index >= 15 is 0 Å². The van der Waals surface area contributed by atoms with Gasteiger partial charge in [0.25, 0.3) is 0 Å². The molecule has 1 fully saturated rings. The van der Waals surface area contributed by atoms with Crippen molar-refractivity contribution in [2.75, 3.05) is 19.8 Å². The summed E-state index contributed by atoms with van der Waals surface area (Å²) in [6, 6.07) is 2.69. The van der Waals surface area contributed by atoms with Crippen LogP contribution in [0.5, 0.6) is 0 Å². The zero-order valence-electron chi connectivity index (χ0n) is 11.1. The lowest BCUT2D eigenvalue weighted by Gasteiger charge is -2.23. The van der Waals surface area contributed by atoms with Gasteiger partial charge in [-0.3, -0.25) is 4.68 Å². The van der Waals surface area contributed by atoms with E-state index in [1.807, 2.05) is 18.7 Å². The Kier molecular flexibility index (Phi) is 4.18. The summed E-state index contributed by atoms with van der Waals surface area (Å²) in [5.41, 5.74) is 2.40. The molecule has 0 aliphatic carbocycles. The third-order valence-electron chi connectivity index (χ3n) is 3.53. The van der Waals surface area contributed by atoms with E-state index in [2.05, 4.69) is 23.4 Å². The van der Waals surface area contributed by atoms with Crippen LogP contribution in [0.4, 0.5) is 0 Å². The van der Waals surface area contributed by atoms with Gasteiger partial charge in [0.2, 0.25) is 0 Å². The highest BCUT2D eigenvalue weighted by atomic mass is 16.5. The van der Waals surface area contributed by atoms with Crippen LogP contribution in [0.3, 0.4) is 0 Å². The molecular weight excluding hydrogens is 214 g/mol. The number of aryl methyl sites for hydroxylation is 2. The van der Waals surface area contributed by atoms with Crippen molar-refractivity contribution in [1.29, 1.82) is 0 Å². The Morgan fingerprint density at radius 3 is 3.00 bits per heavy atom. The van der Waals surface area contributed by atoms with Crippen molar-refractivity contribution in [2.24, 2.45) is 13.0 Å². The van der Waals surface area contributed by atoms with Crippen molar-refractivity contribution in [1.82, 2.24) is 15.1 Å². The number of aromatic nitrogens is 2. The molecule has 0 aromatic carbocycles. The molecular formula is C13H23N3O. The molecule has 1 aliphatic heterocycles. The van der Waals surface area contributed by atoms with Gasteiger partial charge in [0.05, 0.1) is 12.3 Å². The first-order valence-electron chi connectivity index (χ1n) is 6.51. The molecule has 1 aromatic rings. The minimum absolute atomic E-state index is 0.511. The molecule has 1 saturated heterocycles. The molecule has 1 aromatic heterocycles. The number of nitrogens with zero attached hydrogens (tertiary/aromatic N) is 2. The fourth-order valence-corrected chi connectivity index (χ4v) is 2.62. The minimum Gasteiger partial charge on any atom is -0.381 e. The first-order valence-corrected chi connectivity index (χ1v) is 6.51. The maximum Gasteiger partial charge on any atom is 0.0596 e. The quantitative estimate of drug-likeness (QED) is 0.838. The highest BCUT2D eigenvalue weighted by molar-refractivity contribution is 5.10. The van der Waals surface area contributed by atoms with Crippen LogP contribution >= 0.6 is 0 Å². The molecule has 2 unspecified atom stereocenters. The van der Waals surface area contributed by atoms with E-state index in [1.54, 1.807) is 0 Å². The summed E-state index contributed by atoms with van der Waals surface area (Å²) in [6.45, 7) is 7.03. The second kappa shape index (κ2) is 5.65. The number of ether oxygens (including phenoxy) is 1. The number of hydrogen-bond donors (Lipinski definition) is 1. The molecule has 1 aliphatic rings. The second-order valence-corrected chi connectivity index (χ2v) is 4.89. The molecule has 0 radical (unpaired) electrons. The zero-order chi connectivity index (χ0) is 12.3. The molecule has 0 bridgehead atoms. The second-order valence-electron chi connectivity index (χ2n) is 4.89. The van der Waals surface area contributed by atoms with Crippen molar-refractivity contribution >= 4 is 0 Å². The van der Waals surface area contributed by atoms with Gasteiger partial charge in [-0.15, -0.1) is 0 Å². The topological polar surface area (TPSA) is 39.1 Å². The van der Waals surface area contributed by atoms with E-state index in [0.29, 0.717) is 12.0 Å². The van der Waals surface area contributed by atoms with Gasteiger partial charge in [0.15, 0.2) is 0 Å². The molecule has 0 spiro atoms. The van der Waals surface area contributed by atoms with Crippen LogP contribution in [-0.4, -0.2) is 35.6 Å². The maximum absolute atomic E-state index is 5.50. The number of hydrogen-bond acceptors (Lipinski definition) is 3. The predicted octanol–water partition coefficient (Wildman–Crippen LogP) is 1.29. The molecule has 1 N–H and O–H groups in total. The van der Waals surface area contributed by atoms with E-state index in [1.165, 1.54) is 12.1 Å². The number of rotatable bonds is 5. The first-order chi connectivity index (χ1) is 8.20. The van der Waals surface area contributed by atoms with Gasteiger partial charge in [0, 0.05) is 37.7 Å². The summed E-state index contributed by atoms with van der Waals surface area (Å²) in [7, 11) is 2.02. The number of likely N-dealkylation sites (N-methyl/N-ethyl adjacent to an activating group) is 1. The van der Waals surface area contributed by atoms with Crippen molar-refractivity contribution < 1.29 is 4.74 Å². The van der Waals surface area contributed by atoms with E-state index in [4.69, 9.17) is 4.74 Å². The van der Waals surface area contributed by atoms with Gasteiger partial charge in [-0.25, -0.2) is 0 Å². The highest BCUT2D eigenvalue weighted by Gasteiger charge is 2.26. The molecule has 96 valence electrons. The molecule has 2 heterocycles. The number of nitrogens with one attached hydrogen (secondary N) is 1. The van der Waals surface area contributed by atoms with Gasteiger partial charge in [-0.05, 0) is 26.0 Å². The molecule has 17 heavy (non-hydrogen) atoms. The Morgan fingerprint density at radius 2 is 2.47 bits per heavy atom. The van der Waals surface area contributed by atoms with Crippen molar-refractivity contribution in [2.45, 2.75) is 32.7 Å². The van der Waals surface area contributed by atoms with Crippen LogP contribution in [0.1, 0.15) is 24.7 Å². The molecule has 4 heteroatoms. The lowest BCUT2D eigenvalue weighted by atomic mass is 9.94. The fourth-order valence-electron chi connectivity index (χ4n) is 2.62. The Hall–Kier alpha value is -0.870. The third kappa shape index (κ3) is 3.07. The minimum atomic E-state index is 0.511. The summed E-state index contributed by atoms with van der Waals surface area (Å²) in [6.07, 6.45) is 2.22. The van der Waals surface area contributed by atoms with Crippen LogP contribution in [0, 0.1) is 12.8 Å². The zero-order valence-corrected chi connectivity index (χ0v) is 11.1. The van der Waals surface area contributed by atoms with Gasteiger partial charge in [0.1, 0.15) is 0 Å². The van der Waals surface area contributed by atoms with Crippen LogP contribution < -0.4 is 5.32 Å². The molecule has 4 nitrogen and oxygen atoms in total. The van der Waals surface area contributed by atoms with Crippen LogP contribution in [0.2, 0.25) is 0 Å². The molecule has 0 saturated carbocycles. The van der Waals surface area contributed by atoms with Crippen LogP contribution in [0.15, 0.2) is 6.07 Å². The van der Waals surface area contributed by atoms with Gasteiger partial charge in [-0.1, -0.05) is 6.92 Å². The third-order valence-corrected chi connectivity index (χ3v) is 3.53. The summed E-state index contributed by atoms with van der Waals surface area (Å²) in [4.78, 5) is 0. The Labute approximate surface area is 103 Å². The average molecular weight is 237 g/mol. The summed E-state index contributed by atoms with van der Waals surface area (Å²) >= 11 is 0. The van der Waals surface area contributed by atoms with Crippen LogP contribution in [-0.2, 0) is 18.2 Å². The van der Waals surface area contributed by atoms with E-state index in [9.17, 15) is 0 Å². The van der Waals surface area contributed by atoms with E-state index in [0.717, 1.165) is 31.9 Å². The summed E-state index contributed by atoms with van der Waals surface area (Å²) < 4.78 is 7.49. The van der Waals surface area contributed by atoms with Gasteiger partial charge in [-0.2, -0.15) is 5.10 Å². The predicted molar refractivity (Wildman–Crippen MR) is 68.0 cm³/mol. The summed E-state index contributed by atoms with van der Waals surface area (Å²) in [5.74, 6) is 0.644. The maximum atomic E-state index is 5.50. The van der Waals surface area contributed by atoms with Crippen molar-refractivity contribution in [3.8, 4) is 0 Å². The molecule has 2 rings (SSSR count). The van der Waals surface area contributed by atoms with E-state index < -0.39 is 0 Å². The molecule has 2 atom stereocenters. The van der Waals surface area contributed by atoms with Crippen molar-refractivity contribution in [3.05, 3.63) is 17.5 Å². The SMILES string of the molecule is CCNC(Cc1cc(C)nn1C)C1CCOC1. The molecule has 0 amide bonds. The van der Waals surface area contributed by atoms with Crippen LogP contribution in [0.25, 0.3) is 0 Å². The smallest absolute Gasteiger partial charge is 0.0596 e. The van der Waals surface area contributed by atoms with E-state index in [-0.39, 0.29) is 0 Å². The largest absolute Gasteiger partial charge is 0.381 e. The lowest BCUT2D eigenvalue weighted by Crippen LogP contribution is -2.38. The van der Waals surface area contributed by atoms with Crippen molar-refractivity contribution in [3.63, 3.8) is 0 Å². The Morgan fingerprint density at radius 1 is 1.65 bits per heavy atom. The standard InChI is InChI=1S/C13H23N3O/c1-4-14-13(11-5-6-17-9-11)8-12-7-10(2)15-16(12)3/h7,11,13-14H,4-6,8-9H2,1-3H3. The lowest BCUT2D eigenvalue weighted by molar-refractivity contribution is 0.176.